The average Bonchev–Trinajstić information content (AvgIpc) is 3.19. The van der Waals surface area contributed by atoms with E-state index in [2.05, 4.69) is 15.5 Å². The SMILES string of the molecule is CSc1cccc(NC(=O)N(C)CCc2noc(COc3ccccc3F)n2)c1. The fourth-order valence-electron chi connectivity index (χ4n) is 2.44. The van der Waals surface area contributed by atoms with Gasteiger partial charge in [-0.3, -0.25) is 0 Å². The van der Waals surface area contributed by atoms with E-state index in [1.54, 1.807) is 30.9 Å². The summed E-state index contributed by atoms with van der Waals surface area (Å²) in [6, 6.07) is 13.5. The van der Waals surface area contributed by atoms with Crippen LogP contribution in [-0.2, 0) is 13.0 Å². The fraction of sp³-hybridized carbons (Fsp3) is 0.250. The first kappa shape index (κ1) is 20.7. The van der Waals surface area contributed by atoms with E-state index < -0.39 is 5.82 Å². The van der Waals surface area contributed by atoms with Gasteiger partial charge in [0.1, 0.15) is 0 Å². The molecule has 0 fully saturated rings. The Hall–Kier alpha value is -3.07. The monoisotopic (exact) mass is 416 g/mol. The third kappa shape index (κ3) is 5.95. The van der Waals surface area contributed by atoms with E-state index in [4.69, 9.17) is 9.26 Å². The van der Waals surface area contributed by atoms with Crippen molar-refractivity contribution in [1.29, 1.82) is 0 Å². The molecule has 0 saturated heterocycles. The minimum Gasteiger partial charge on any atom is -0.481 e. The Bertz CT molecular complexity index is 966. The number of thioether (sulfide) groups is 1. The summed E-state index contributed by atoms with van der Waals surface area (Å²) in [6.45, 7) is 0.372. The average molecular weight is 416 g/mol. The van der Waals surface area contributed by atoms with Crippen LogP contribution in [0, 0.1) is 5.82 Å². The Kier molecular flexibility index (Phi) is 7.07. The number of likely N-dealkylation sites (N-methyl/N-ethyl adjacent to an activating group) is 1. The second-order valence-electron chi connectivity index (χ2n) is 6.16. The lowest BCUT2D eigenvalue weighted by atomic mass is 10.3. The zero-order valence-corrected chi connectivity index (χ0v) is 16.9. The topological polar surface area (TPSA) is 80.5 Å². The first-order valence-electron chi connectivity index (χ1n) is 8.90. The molecule has 0 atom stereocenters. The molecule has 2 aromatic carbocycles. The van der Waals surface area contributed by atoms with Gasteiger partial charge in [0.25, 0.3) is 5.89 Å². The number of carbonyl (C=O) groups excluding carboxylic acids is 1. The van der Waals surface area contributed by atoms with Crippen LogP contribution in [-0.4, -0.2) is 40.9 Å². The summed E-state index contributed by atoms with van der Waals surface area (Å²) in [6.07, 6.45) is 2.39. The van der Waals surface area contributed by atoms with E-state index >= 15 is 0 Å². The molecule has 1 heterocycles. The summed E-state index contributed by atoms with van der Waals surface area (Å²) >= 11 is 1.61. The Morgan fingerprint density at radius 2 is 2.10 bits per heavy atom. The maximum atomic E-state index is 13.5. The van der Waals surface area contributed by atoms with E-state index in [1.807, 2.05) is 30.5 Å². The highest BCUT2D eigenvalue weighted by Crippen LogP contribution is 2.19. The van der Waals surface area contributed by atoms with Crippen molar-refractivity contribution < 1.29 is 18.4 Å². The Morgan fingerprint density at radius 3 is 2.90 bits per heavy atom. The predicted octanol–water partition coefficient (Wildman–Crippen LogP) is 4.22. The van der Waals surface area contributed by atoms with Crippen LogP contribution in [0.5, 0.6) is 5.75 Å². The molecule has 0 aliphatic rings. The van der Waals surface area contributed by atoms with Crippen LogP contribution in [0.3, 0.4) is 0 Å². The molecule has 1 aromatic heterocycles. The Balaban J connectivity index is 1.47. The van der Waals surface area contributed by atoms with E-state index in [9.17, 15) is 9.18 Å². The standard InChI is InChI=1S/C20H21FN4O3S/c1-25(20(26)22-14-6-5-7-15(12-14)29-2)11-10-18-23-19(28-24-18)13-27-17-9-4-3-8-16(17)21/h3-9,12H,10-11,13H2,1-2H3,(H,22,26). The van der Waals surface area contributed by atoms with Gasteiger partial charge >= 0.3 is 6.03 Å². The molecule has 9 heteroatoms. The highest BCUT2D eigenvalue weighted by molar-refractivity contribution is 7.98. The number of nitrogens with zero attached hydrogens (tertiary/aromatic N) is 3. The molecule has 7 nitrogen and oxygen atoms in total. The number of halogens is 1. The number of benzene rings is 2. The van der Waals surface area contributed by atoms with E-state index in [1.165, 1.54) is 17.0 Å². The molecule has 2 amide bonds. The summed E-state index contributed by atoms with van der Waals surface area (Å²) in [7, 11) is 1.69. The number of aromatic nitrogens is 2. The molecule has 0 saturated carbocycles. The van der Waals surface area contributed by atoms with Crippen LogP contribution in [0.15, 0.2) is 57.9 Å². The van der Waals surface area contributed by atoms with Gasteiger partial charge in [-0.2, -0.15) is 4.98 Å². The van der Waals surface area contributed by atoms with Crippen LogP contribution in [0.1, 0.15) is 11.7 Å². The molecule has 0 aliphatic carbocycles. The molecular formula is C20H21FN4O3S. The van der Waals surface area contributed by atoms with Crippen molar-refractivity contribution in [2.24, 2.45) is 0 Å². The number of hydrogen-bond acceptors (Lipinski definition) is 6. The number of ether oxygens (including phenoxy) is 1. The van der Waals surface area contributed by atoms with Crippen molar-refractivity contribution in [3.63, 3.8) is 0 Å². The Morgan fingerprint density at radius 1 is 1.28 bits per heavy atom. The number of para-hydroxylation sites is 1. The molecule has 0 bridgehead atoms. The zero-order chi connectivity index (χ0) is 20.6. The van der Waals surface area contributed by atoms with Gasteiger partial charge in [-0.1, -0.05) is 23.4 Å². The number of rotatable bonds is 8. The minimum absolute atomic E-state index is 0.0317. The normalized spacial score (nSPS) is 10.6. The molecule has 3 aromatic rings. The summed E-state index contributed by atoms with van der Waals surface area (Å²) in [5.41, 5.74) is 0.737. The number of amides is 2. The van der Waals surface area contributed by atoms with Gasteiger partial charge in [-0.25, -0.2) is 9.18 Å². The predicted molar refractivity (Wildman–Crippen MR) is 109 cm³/mol. The molecule has 1 N–H and O–H groups in total. The summed E-state index contributed by atoms with van der Waals surface area (Å²) in [5.74, 6) is 0.350. The molecular weight excluding hydrogens is 395 g/mol. The van der Waals surface area contributed by atoms with Crippen molar-refractivity contribution in [1.82, 2.24) is 15.0 Å². The number of carbonyl (C=O) groups is 1. The fourth-order valence-corrected chi connectivity index (χ4v) is 2.90. The third-order valence-electron chi connectivity index (χ3n) is 4.04. The summed E-state index contributed by atoms with van der Waals surface area (Å²) in [4.78, 5) is 19.1. The van der Waals surface area contributed by atoms with Crippen molar-refractivity contribution >= 4 is 23.5 Å². The van der Waals surface area contributed by atoms with Crippen LogP contribution >= 0.6 is 11.8 Å². The second kappa shape index (κ2) is 9.92. The van der Waals surface area contributed by atoms with Crippen molar-refractivity contribution in [2.75, 3.05) is 25.2 Å². The lowest BCUT2D eigenvalue weighted by molar-refractivity contribution is 0.222. The highest BCUT2D eigenvalue weighted by Gasteiger charge is 2.13. The molecule has 0 unspecified atom stereocenters. The smallest absolute Gasteiger partial charge is 0.321 e. The summed E-state index contributed by atoms with van der Waals surface area (Å²) < 4.78 is 24.0. The van der Waals surface area contributed by atoms with E-state index in [-0.39, 0.29) is 24.3 Å². The van der Waals surface area contributed by atoms with Crippen molar-refractivity contribution in [3.05, 3.63) is 66.1 Å². The quantitative estimate of drug-likeness (QED) is 0.554. The van der Waals surface area contributed by atoms with Crippen LogP contribution < -0.4 is 10.1 Å². The lowest BCUT2D eigenvalue weighted by Gasteiger charge is -2.17. The Labute approximate surface area is 172 Å². The van der Waals surface area contributed by atoms with Gasteiger partial charge in [0.15, 0.2) is 24.0 Å². The summed E-state index contributed by atoms with van der Waals surface area (Å²) in [5, 5.41) is 6.72. The molecule has 0 aliphatic heterocycles. The van der Waals surface area contributed by atoms with Crippen LogP contribution in [0.2, 0.25) is 0 Å². The van der Waals surface area contributed by atoms with Gasteiger partial charge in [0.05, 0.1) is 0 Å². The minimum atomic E-state index is -0.456. The van der Waals surface area contributed by atoms with Gasteiger partial charge in [0, 0.05) is 30.6 Å². The number of urea groups is 1. The molecule has 0 radical (unpaired) electrons. The third-order valence-corrected chi connectivity index (χ3v) is 4.76. The maximum absolute atomic E-state index is 13.5. The second-order valence-corrected chi connectivity index (χ2v) is 7.04. The highest BCUT2D eigenvalue weighted by atomic mass is 32.2. The largest absolute Gasteiger partial charge is 0.481 e. The first-order valence-corrected chi connectivity index (χ1v) is 10.1. The lowest BCUT2D eigenvalue weighted by Crippen LogP contribution is -2.33. The van der Waals surface area contributed by atoms with Gasteiger partial charge < -0.3 is 19.5 Å². The molecule has 152 valence electrons. The van der Waals surface area contributed by atoms with Crippen molar-refractivity contribution in [2.45, 2.75) is 17.9 Å². The number of hydrogen-bond donors (Lipinski definition) is 1. The number of anilines is 1. The van der Waals surface area contributed by atoms with E-state index in [0.29, 0.717) is 18.8 Å². The van der Waals surface area contributed by atoms with Crippen LogP contribution in [0.4, 0.5) is 14.9 Å². The zero-order valence-electron chi connectivity index (χ0n) is 16.1. The van der Waals surface area contributed by atoms with Gasteiger partial charge in [-0.15, -0.1) is 11.8 Å². The van der Waals surface area contributed by atoms with Crippen LogP contribution in [0.25, 0.3) is 0 Å². The van der Waals surface area contributed by atoms with Crippen molar-refractivity contribution in [3.8, 4) is 5.75 Å². The molecule has 29 heavy (non-hydrogen) atoms. The first-order chi connectivity index (χ1) is 14.0. The van der Waals surface area contributed by atoms with Gasteiger partial charge in [-0.05, 0) is 36.6 Å². The van der Waals surface area contributed by atoms with E-state index in [0.717, 1.165) is 10.6 Å². The molecule has 0 spiro atoms. The number of nitrogens with one attached hydrogen (secondary N) is 1. The maximum Gasteiger partial charge on any atom is 0.321 e. The molecule has 3 rings (SSSR count). The van der Waals surface area contributed by atoms with Gasteiger partial charge in [0.2, 0.25) is 0 Å².